The molecule has 0 radical (unpaired) electrons. The van der Waals surface area contributed by atoms with Crippen LogP contribution in [0.5, 0.6) is 11.5 Å². The predicted molar refractivity (Wildman–Crippen MR) is 373 cm³/mol. The highest BCUT2D eigenvalue weighted by atomic mass is 31.2. The van der Waals surface area contributed by atoms with E-state index in [1.807, 2.05) is 40.3 Å². The molecule has 25 nitrogen and oxygen atoms in total. The second-order valence-electron chi connectivity index (χ2n) is 23.5. The van der Waals surface area contributed by atoms with Gasteiger partial charge < -0.3 is 61.0 Å². The lowest BCUT2D eigenvalue weighted by molar-refractivity contribution is -0.173. The Hall–Kier alpha value is -10.1. The summed E-state index contributed by atoms with van der Waals surface area (Å²) in [6, 6.07) is 39.1. The topological polar surface area (TPSA) is 306 Å². The van der Waals surface area contributed by atoms with Crippen LogP contribution >= 0.6 is 7.60 Å². The molecule has 1 aliphatic carbocycles. The average molecular weight is 1350 g/mol. The first-order chi connectivity index (χ1) is 46.9. The Morgan fingerprint density at radius 2 is 1.34 bits per heavy atom. The highest BCUT2D eigenvalue weighted by Crippen LogP contribution is 2.54. The number of amides is 5. The molecule has 97 heavy (non-hydrogen) atoms. The number of guanidine groups is 1. The summed E-state index contributed by atoms with van der Waals surface area (Å²) in [6.45, 7) is 17.2. The van der Waals surface area contributed by atoms with Crippen molar-refractivity contribution in [1.29, 1.82) is 0 Å². The maximum Gasteiger partial charge on any atom is 0.426 e. The number of benzene rings is 6. The van der Waals surface area contributed by atoms with Crippen LogP contribution in [0.1, 0.15) is 108 Å². The van der Waals surface area contributed by atoms with Crippen molar-refractivity contribution >= 4 is 77.0 Å². The third-order valence-electron chi connectivity index (χ3n) is 16.6. The molecular weight excluding hydrogens is 1260 g/mol. The van der Waals surface area contributed by atoms with Crippen LogP contribution in [-0.4, -0.2) is 125 Å². The van der Waals surface area contributed by atoms with Gasteiger partial charge in [-0.2, -0.15) is 0 Å². The Bertz CT molecular complexity index is 4030. The number of aryl methyl sites for hydroxylation is 2. The lowest BCUT2D eigenvalue weighted by Crippen LogP contribution is -2.50. The van der Waals surface area contributed by atoms with Crippen LogP contribution in [0.3, 0.4) is 0 Å². The van der Waals surface area contributed by atoms with Crippen molar-refractivity contribution in [3.8, 4) is 33.9 Å². The minimum Gasteiger partial charge on any atom is -0.456 e. The van der Waals surface area contributed by atoms with Crippen LogP contribution in [0, 0.1) is 0 Å². The summed E-state index contributed by atoms with van der Waals surface area (Å²) in [7, 11) is -4.74. The molecule has 1 unspecified atom stereocenters. The van der Waals surface area contributed by atoms with E-state index in [0.717, 1.165) is 103 Å². The van der Waals surface area contributed by atoms with E-state index in [-0.39, 0.29) is 54.1 Å². The average Bonchev–Trinajstić information content (AvgIpc) is 1.22. The van der Waals surface area contributed by atoms with Crippen molar-refractivity contribution < 1.29 is 56.8 Å². The molecule has 1 aromatic heterocycles. The molecule has 5 aromatic carbocycles. The number of ether oxygens (including phenoxy) is 1. The van der Waals surface area contributed by atoms with Gasteiger partial charge in [-0.3, -0.25) is 28.4 Å². The number of carbonyl (C=O) groups excluding carboxylic acids is 5. The third-order valence-corrected chi connectivity index (χ3v) is 18.2. The molecule has 512 valence electrons. The highest BCUT2D eigenvalue weighted by molar-refractivity contribution is 7.54. The Morgan fingerprint density at radius 1 is 0.711 bits per heavy atom. The molecule has 1 atom stereocenters. The molecule has 3 aliphatic rings. The van der Waals surface area contributed by atoms with Crippen LogP contribution < -0.4 is 52.0 Å². The van der Waals surface area contributed by atoms with Gasteiger partial charge in [0, 0.05) is 130 Å². The summed E-state index contributed by atoms with van der Waals surface area (Å²) in [5, 5.41) is 18.5. The van der Waals surface area contributed by atoms with Gasteiger partial charge >= 0.3 is 13.7 Å². The quantitative estimate of drug-likeness (QED) is 0.00382. The Kier molecular flexibility index (Phi) is 25.3. The van der Waals surface area contributed by atoms with E-state index in [1.54, 1.807) is 28.9 Å². The van der Waals surface area contributed by atoms with Gasteiger partial charge in [0.25, 0.3) is 5.91 Å². The van der Waals surface area contributed by atoms with Crippen LogP contribution in [0.2, 0.25) is 0 Å². The lowest BCUT2D eigenvalue weighted by Gasteiger charge is -2.35. The number of carbonyl (C=O) groups is 5. The Morgan fingerprint density at radius 3 is 1.97 bits per heavy atom. The predicted octanol–water partition coefficient (Wildman–Crippen LogP) is 11.0. The summed E-state index contributed by atoms with van der Waals surface area (Å²) in [4.78, 5) is 86.1. The van der Waals surface area contributed by atoms with E-state index in [2.05, 4.69) is 105 Å². The lowest BCUT2D eigenvalue weighted by atomic mass is 9.90. The molecule has 26 heteroatoms. The first-order valence-electron chi connectivity index (χ1n) is 33.0. The minimum absolute atomic E-state index is 0.0493. The number of unbranched alkanes of at least 4 members (excludes halogenated alkanes) is 4. The monoisotopic (exact) mass is 1340 g/mol. The van der Waals surface area contributed by atoms with Gasteiger partial charge in [-0.1, -0.05) is 64.2 Å². The summed E-state index contributed by atoms with van der Waals surface area (Å²) in [5.41, 5.74) is 19.0. The fourth-order valence-corrected chi connectivity index (χ4v) is 12.9. The fourth-order valence-electron chi connectivity index (χ4n) is 11.6. The van der Waals surface area contributed by atoms with E-state index in [0.29, 0.717) is 85.9 Å². The number of nitrogens with one attached hydrogen (secondary N) is 3. The number of nitrogens with zero attached hydrogens (tertiary/aromatic N) is 8. The maximum atomic E-state index is 15.0. The molecule has 7 N–H and O–H groups in total. The molecule has 3 heterocycles. The summed E-state index contributed by atoms with van der Waals surface area (Å²) in [5.74, 6) is -1.30. The first kappa shape index (κ1) is 71.2. The standard InChI is InChI=1S/C71H86N13O12P/c1-7-80(8-2)56-31-37-62-64(46-56)92-65-47-57(81(9-3)10-4)32-38-63(65)68(62)60-20-15-16-21-61(60)69(88)83-42-40-82(41-43-83)67(87)22-14-12-11-13-17-39-84-48-55(78-79-84)19-18-44-91-71(89)77-66(45-51-23-25-54(26-24-51)76-70(72)73)97(90,95-93-58-33-27-52(28-34-58)74-49(5)85)96-94-59-35-29-53(30-36-59)75-50(6)86/h15-16,20-21,23-38,46-48,66H,7-14,17-19,22,39-45H2,1-6H3,(H6-,72,73,74,75,76,77,85,86,89)/p+1. The smallest absolute Gasteiger partial charge is 0.426 e. The van der Waals surface area contributed by atoms with E-state index in [1.165, 1.54) is 62.4 Å². The number of piperazine rings is 1. The summed E-state index contributed by atoms with van der Waals surface area (Å²) >= 11 is 0. The van der Waals surface area contributed by atoms with Crippen LogP contribution in [0.4, 0.5) is 27.5 Å². The van der Waals surface area contributed by atoms with Crippen molar-refractivity contribution in [3.05, 3.63) is 162 Å². The largest absolute Gasteiger partial charge is 0.456 e. The first-order valence-corrected chi connectivity index (χ1v) is 34.6. The zero-order chi connectivity index (χ0) is 68.8. The number of hydrogen-bond donors (Lipinski definition) is 5. The van der Waals surface area contributed by atoms with Crippen molar-refractivity contribution in [2.45, 2.75) is 112 Å². The molecule has 5 amide bonds. The molecule has 0 bridgehead atoms. The number of hydrogen-bond acceptors (Lipinski definition) is 16. The highest BCUT2D eigenvalue weighted by Gasteiger charge is 2.43. The van der Waals surface area contributed by atoms with Gasteiger partial charge in [-0.25, -0.2) is 14.4 Å². The summed E-state index contributed by atoms with van der Waals surface area (Å²) in [6.07, 6.45) is 6.44. The van der Waals surface area contributed by atoms with E-state index < -0.39 is 19.5 Å². The SMILES string of the molecule is CCN(CC)c1ccc2c(-c3ccccc3C(=O)N3CCN(C(=O)CCCCCCCn4cc(CCCOC(=O)NC(Cc5ccc(N=C(N)N)cc5)P(=O)(OOc5ccc(NC(C)=O)cc5)OOc5ccc(NC(C)=O)cc5)nn4)CC3)c3ccc(=[N+](CC)CC)cc-3oc2c1. The number of anilines is 3. The van der Waals surface area contributed by atoms with Crippen molar-refractivity contribution in [2.24, 2.45) is 16.5 Å². The van der Waals surface area contributed by atoms with Crippen molar-refractivity contribution in [3.63, 3.8) is 0 Å². The minimum atomic E-state index is -4.74. The normalized spacial score (nSPS) is 12.6. The van der Waals surface area contributed by atoms with Gasteiger partial charge in [0.1, 0.15) is 30.2 Å². The van der Waals surface area contributed by atoms with Crippen molar-refractivity contribution in [2.75, 3.05) is 74.5 Å². The van der Waals surface area contributed by atoms with Crippen LogP contribution in [-0.2, 0) is 52.4 Å². The number of aromatic nitrogens is 3. The zero-order valence-corrected chi connectivity index (χ0v) is 56.8. The zero-order valence-electron chi connectivity index (χ0n) is 55.9. The molecule has 1 saturated heterocycles. The van der Waals surface area contributed by atoms with Crippen LogP contribution in [0.25, 0.3) is 33.4 Å². The fraction of sp³-hybridized carbons (Fsp3) is 0.366. The van der Waals surface area contributed by atoms with Gasteiger partial charge in [-0.15, -0.1) is 5.10 Å². The van der Waals surface area contributed by atoms with Gasteiger partial charge in [-0.05, 0) is 149 Å². The maximum absolute atomic E-state index is 15.0. The van der Waals surface area contributed by atoms with Gasteiger partial charge in [0.15, 0.2) is 17.5 Å². The second-order valence-corrected chi connectivity index (χ2v) is 25.5. The Balaban J connectivity index is 0.729. The number of alkyl carbamates (subject to hydrolysis) is 1. The molecule has 2 aliphatic heterocycles. The second kappa shape index (κ2) is 34.5. The number of fused-ring (bicyclic) bond motifs is 2. The van der Waals surface area contributed by atoms with E-state index in [9.17, 15) is 28.5 Å². The molecular formula is C71H87N13O12P+. The molecule has 0 spiro atoms. The number of aliphatic imine (C=N–C) groups is 1. The van der Waals surface area contributed by atoms with Crippen molar-refractivity contribution in [1.82, 2.24) is 34.7 Å². The number of nitrogens with two attached hydrogens (primary N) is 2. The number of rotatable bonds is 32. The van der Waals surface area contributed by atoms with E-state index in [4.69, 9.17) is 39.7 Å². The van der Waals surface area contributed by atoms with Crippen LogP contribution in [0.15, 0.2) is 149 Å². The molecule has 9 rings (SSSR count). The van der Waals surface area contributed by atoms with Gasteiger partial charge in [0.2, 0.25) is 23.1 Å². The molecule has 1 fully saturated rings. The Labute approximate surface area is 564 Å². The summed E-state index contributed by atoms with van der Waals surface area (Å²) < 4.78 is 42.5. The molecule has 6 aromatic rings. The third kappa shape index (κ3) is 19.8. The van der Waals surface area contributed by atoms with E-state index >= 15 is 0 Å². The van der Waals surface area contributed by atoms with Gasteiger partial charge in [0.05, 0.1) is 24.1 Å². The molecule has 0 saturated carbocycles.